The van der Waals surface area contributed by atoms with Crippen molar-refractivity contribution in [2.24, 2.45) is 0 Å². The standard InChI is InChI=1S/C22H27F2N3O/c1-16(18-7-9-20(23)10-8-18)25-22(28)17(2)27-13-11-26(12-14-27)15-19-5-3-4-6-21(19)24/h3-10,16-17H,11-15H2,1-2H3,(H,25,28)/p+2/t16-,17-/m0/s1. The van der Waals surface area contributed by atoms with Crippen molar-refractivity contribution in [3.63, 3.8) is 0 Å². The van der Waals surface area contributed by atoms with E-state index in [-0.39, 0.29) is 29.6 Å². The molecule has 0 saturated carbocycles. The lowest BCUT2D eigenvalue weighted by Crippen LogP contribution is -3.29. The topological polar surface area (TPSA) is 38.0 Å². The third-order valence-electron chi connectivity index (χ3n) is 5.73. The number of hydrogen-bond donors (Lipinski definition) is 3. The molecule has 0 radical (unpaired) electrons. The molecule has 0 unspecified atom stereocenters. The van der Waals surface area contributed by atoms with Gasteiger partial charge in [0.1, 0.15) is 44.4 Å². The molecule has 1 fully saturated rings. The van der Waals surface area contributed by atoms with Crippen LogP contribution in [0.5, 0.6) is 0 Å². The first-order valence-electron chi connectivity index (χ1n) is 9.91. The van der Waals surface area contributed by atoms with Crippen molar-refractivity contribution >= 4 is 5.91 Å². The lowest BCUT2D eigenvalue weighted by Gasteiger charge is -2.33. The van der Waals surface area contributed by atoms with Gasteiger partial charge in [0.25, 0.3) is 5.91 Å². The van der Waals surface area contributed by atoms with E-state index in [0.717, 1.165) is 37.3 Å². The Morgan fingerprint density at radius 1 is 1.00 bits per heavy atom. The number of hydrogen-bond acceptors (Lipinski definition) is 1. The van der Waals surface area contributed by atoms with Crippen LogP contribution in [0.2, 0.25) is 0 Å². The van der Waals surface area contributed by atoms with Gasteiger partial charge in [0, 0.05) is 5.56 Å². The van der Waals surface area contributed by atoms with Crippen LogP contribution in [0.25, 0.3) is 0 Å². The van der Waals surface area contributed by atoms with Crippen LogP contribution in [0, 0.1) is 11.6 Å². The molecule has 3 rings (SSSR count). The minimum atomic E-state index is -0.282. The molecule has 1 aliphatic rings. The van der Waals surface area contributed by atoms with Crippen LogP contribution in [0.3, 0.4) is 0 Å². The molecule has 28 heavy (non-hydrogen) atoms. The Morgan fingerprint density at radius 2 is 1.64 bits per heavy atom. The van der Waals surface area contributed by atoms with Gasteiger partial charge in [0.05, 0.1) is 6.04 Å². The first-order chi connectivity index (χ1) is 13.4. The summed E-state index contributed by atoms with van der Waals surface area (Å²) in [5, 5.41) is 3.03. The molecule has 0 aromatic heterocycles. The van der Waals surface area contributed by atoms with E-state index < -0.39 is 0 Å². The van der Waals surface area contributed by atoms with Gasteiger partial charge in [0.15, 0.2) is 6.04 Å². The maximum absolute atomic E-state index is 13.8. The number of carbonyl (C=O) groups is 1. The molecule has 4 nitrogen and oxygen atoms in total. The fourth-order valence-electron chi connectivity index (χ4n) is 3.80. The lowest BCUT2D eigenvalue weighted by molar-refractivity contribution is -1.02. The van der Waals surface area contributed by atoms with Crippen molar-refractivity contribution in [2.45, 2.75) is 32.5 Å². The Bertz CT molecular complexity index is 789. The van der Waals surface area contributed by atoms with Crippen molar-refractivity contribution < 1.29 is 23.4 Å². The van der Waals surface area contributed by atoms with E-state index >= 15 is 0 Å². The molecule has 1 heterocycles. The Kier molecular flexibility index (Phi) is 6.75. The number of quaternary nitrogens is 2. The minimum absolute atomic E-state index is 0.00405. The van der Waals surface area contributed by atoms with Crippen molar-refractivity contribution in [1.29, 1.82) is 0 Å². The zero-order valence-corrected chi connectivity index (χ0v) is 16.5. The van der Waals surface area contributed by atoms with Crippen molar-refractivity contribution in [2.75, 3.05) is 26.2 Å². The lowest BCUT2D eigenvalue weighted by atomic mass is 10.1. The third-order valence-corrected chi connectivity index (χ3v) is 5.73. The molecule has 6 heteroatoms. The summed E-state index contributed by atoms with van der Waals surface area (Å²) in [5.41, 5.74) is 1.64. The SMILES string of the molecule is C[C@H](NC(=O)[C@H](C)[NH+]1CC[NH+](Cc2ccccc2F)CC1)c1ccc(F)cc1. The second-order valence-electron chi connectivity index (χ2n) is 7.68. The second-order valence-corrected chi connectivity index (χ2v) is 7.68. The van der Waals surface area contributed by atoms with Gasteiger partial charge in [-0.15, -0.1) is 0 Å². The van der Waals surface area contributed by atoms with E-state index in [4.69, 9.17) is 0 Å². The van der Waals surface area contributed by atoms with Crippen LogP contribution >= 0.6 is 0 Å². The van der Waals surface area contributed by atoms with E-state index in [9.17, 15) is 13.6 Å². The van der Waals surface area contributed by atoms with Crippen LogP contribution in [0.15, 0.2) is 48.5 Å². The van der Waals surface area contributed by atoms with Crippen molar-refractivity contribution in [1.82, 2.24) is 5.32 Å². The minimum Gasteiger partial charge on any atom is -0.344 e. The average Bonchev–Trinajstić information content (AvgIpc) is 2.70. The molecular weight excluding hydrogens is 360 g/mol. The van der Waals surface area contributed by atoms with E-state index in [2.05, 4.69) is 5.32 Å². The highest BCUT2D eigenvalue weighted by Crippen LogP contribution is 2.12. The van der Waals surface area contributed by atoms with Crippen LogP contribution in [-0.4, -0.2) is 38.1 Å². The smallest absolute Gasteiger partial charge is 0.278 e. The molecule has 1 saturated heterocycles. The quantitative estimate of drug-likeness (QED) is 0.662. The zero-order valence-electron chi connectivity index (χ0n) is 16.5. The first-order valence-corrected chi connectivity index (χ1v) is 9.91. The maximum Gasteiger partial charge on any atom is 0.278 e. The molecule has 2 aromatic rings. The fourth-order valence-corrected chi connectivity index (χ4v) is 3.80. The second kappa shape index (κ2) is 9.26. The van der Waals surface area contributed by atoms with Crippen LogP contribution in [0.4, 0.5) is 8.78 Å². The number of rotatable bonds is 6. The Balaban J connectivity index is 1.48. The number of nitrogens with one attached hydrogen (secondary N) is 3. The summed E-state index contributed by atoms with van der Waals surface area (Å²) in [4.78, 5) is 15.2. The van der Waals surface area contributed by atoms with Crippen molar-refractivity contribution in [3.05, 3.63) is 71.3 Å². The summed E-state index contributed by atoms with van der Waals surface area (Å²) < 4.78 is 26.9. The van der Waals surface area contributed by atoms with Crippen LogP contribution in [-0.2, 0) is 11.3 Å². The summed E-state index contributed by atoms with van der Waals surface area (Å²) in [5.74, 6) is -0.424. The average molecular weight is 389 g/mol. The number of carbonyl (C=O) groups excluding carboxylic acids is 1. The molecular formula is C22H29F2N3O+2. The maximum atomic E-state index is 13.8. The molecule has 150 valence electrons. The monoisotopic (exact) mass is 389 g/mol. The summed E-state index contributed by atoms with van der Waals surface area (Å²) in [6.45, 7) is 8.12. The highest BCUT2D eigenvalue weighted by Gasteiger charge is 2.31. The van der Waals surface area contributed by atoms with Gasteiger partial charge >= 0.3 is 0 Å². The number of halogens is 2. The molecule has 3 N–H and O–H groups in total. The number of benzene rings is 2. The number of piperazine rings is 1. The van der Waals surface area contributed by atoms with E-state index in [1.54, 1.807) is 18.2 Å². The zero-order chi connectivity index (χ0) is 20.1. The van der Waals surface area contributed by atoms with E-state index in [1.807, 2.05) is 26.0 Å². The largest absolute Gasteiger partial charge is 0.344 e. The van der Waals surface area contributed by atoms with E-state index in [0.29, 0.717) is 6.54 Å². The highest BCUT2D eigenvalue weighted by atomic mass is 19.1. The van der Waals surface area contributed by atoms with Crippen LogP contribution < -0.4 is 15.1 Å². The van der Waals surface area contributed by atoms with Crippen molar-refractivity contribution in [3.8, 4) is 0 Å². The van der Waals surface area contributed by atoms with Crippen LogP contribution in [0.1, 0.15) is 31.0 Å². The summed E-state index contributed by atoms with van der Waals surface area (Å²) in [6, 6.07) is 12.8. The Morgan fingerprint density at radius 3 is 2.29 bits per heavy atom. The van der Waals surface area contributed by atoms with Gasteiger partial charge in [-0.25, -0.2) is 8.78 Å². The van der Waals surface area contributed by atoms with Gasteiger partial charge < -0.3 is 15.1 Å². The highest BCUT2D eigenvalue weighted by molar-refractivity contribution is 5.80. The fraction of sp³-hybridized carbons (Fsp3) is 0.409. The molecule has 0 aliphatic carbocycles. The third kappa shape index (κ3) is 5.14. The first kappa shape index (κ1) is 20.4. The van der Waals surface area contributed by atoms with Gasteiger partial charge in [-0.3, -0.25) is 4.79 Å². The molecule has 2 atom stereocenters. The van der Waals surface area contributed by atoms with Gasteiger partial charge in [-0.2, -0.15) is 0 Å². The summed E-state index contributed by atoms with van der Waals surface area (Å²) in [7, 11) is 0. The van der Waals surface area contributed by atoms with Gasteiger partial charge in [-0.1, -0.05) is 30.3 Å². The molecule has 0 bridgehead atoms. The van der Waals surface area contributed by atoms with E-state index in [1.165, 1.54) is 28.0 Å². The summed E-state index contributed by atoms with van der Waals surface area (Å²) in [6.07, 6.45) is 0. The molecule has 1 amide bonds. The predicted octanol–water partition coefficient (Wildman–Crippen LogP) is 0.514. The van der Waals surface area contributed by atoms with Gasteiger partial charge in [-0.05, 0) is 37.6 Å². The van der Waals surface area contributed by atoms with Gasteiger partial charge in [0.2, 0.25) is 0 Å². The molecule has 0 spiro atoms. The predicted molar refractivity (Wildman–Crippen MR) is 104 cm³/mol. The summed E-state index contributed by atoms with van der Waals surface area (Å²) >= 11 is 0. The molecule has 1 aliphatic heterocycles. The number of amides is 1. The normalized spacial score (nSPS) is 21.7. The Hall–Kier alpha value is -2.31. The Labute approximate surface area is 165 Å². The molecule has 2 aromatic carbocycles.